The zero-order chi connectivity index (χ0) is 29.5. The molecule has 0 saturated heterocycles. The average Bonchev–Trinajstić information content (AvgIpc) is 3.59. The van der Waals surface area contributed by atoms with E-state index in [-0.39, 0.29) is 0 Å². The van der Waals surface area contributed by atoms with Crippen molar-refractivity contribution in [2.75, 3.05) is 0 Å². The van der Waals surface area contributed by atoms with Crippen LogP contribution in [0.15, 0.2) is 146 Å². The summed E-state index contributed by atoms with van der Waals surface area (Å²) in [5.74, 6) is 0. The molecular weight excluding hydrogens is 563 g/mol. The molecule has 2 heterocycles. The van der Waals surface area contributed by atoms with Crippen molar-refractivity contribution >= 4 is 75.7 Å². The van der Waals surface area contributed by atoms with Crippen LogP contribution in [0.4, 0.5) is 0 Å². The molecule has 7 aromatic carbocycles. The number of fused-ring (bicyclic) bond motifs is 13. The first kappa shape index (κ1) is 24.9. The molecule has 2 aromatic heterocycles. The molecule has 1 aliphatic rings. The Hall–Kier alpha value is -5.44. The molecule has 210 valence electrons. The minimum atomic E-state index is 0.877. The Morgan fingerprint density at radius 1 is 0.556 bits per heavy atom. The molecule has 0 fully saturated rings. The van der Waals surface area contributed by atoms with Crippen LogP contribution in [0.3, 0.4) is 0 Å². The number of benzene rings is 7. The molecule has 0 atom stereocenters. The second-order valence-corrected chi connectivity index (χ2v) is 13.1. The van der Waals surface area contributed by atoms with Crippen molar-refractivity contribution in [3.05, 3.63) is 162 Å². The van der Waals surface area contributed by atoms with Crippen LogP contribution in [0.1, 0.15) is 16.7 Å². The van der Waals surface area contributed by atoms with E-state index in [2.05, 4.69) is 156 Å². The minimum Gasteiger partial charge on any atom is -0.309 e. The van der Waals surface area contributed by atoms with Crippen LogP contribution in [0.5, 0.6) is 0 Å². The van der Waals surface area contributed by atoms with Gasteiger partial charge in [-0.05, 0) is 70.0 Å². The fourth-order valence-electron chi connectivity index (χ4n) is 7.65. The van der Waals surface area contributed by atoms with Gasteiger partial charge in [-0.1, -0.05) is 121 Å². The Morgan fingerprint density at radius 2 is 1.29 bits per heavy atom. The van der Waals surface area contributed by atoms with E-state index in [0.29, 0.717) is 0 Å². The summed E-state index contributed by atoms with van der Waals surface area (Å²) in [5.41, 5.74) is 11.7. The van der Waals surface area contributed by atoms with E-state index in [9.17, 15) is 0 Å². The summed E-state index contributed by atoms with van der Waals surface area (Å²) < 4.78 is 5.19. The SMILES string of the molecule is C1=C(c2ccccc2)Cc2ccc3c(c2-c2ccc4c(sc5ccccc54)c21)c1ccc2ccccc2c1n3-c1ccccc1. The lowest BCUT2D eigenvalue weighted by Crippen LogP contribution is -1.96. The minimum absolute atomic E-state index is 0.877. The van der Waals surface area contributed by atoms with Crippen LogP contribution in [0.2, 0.25) is 0 Å². The first-order chi connectivity index (χ1) is 22.3. The van der Waals surface area contributed by atoms with Crippen LogP contribution in [0, 0.1) is 0 Å². The van der Waals surface area contributed by atoms with Gasteiger partial charge in [-0.3, -0.25) is 0 Å². The van der Waals surface area contributed by atoms with Gasteiger partial charge >= 0.3 is 0 Å². The Morgan fingerprint density at radius 3 is 2.16 bits per heavy atom. The number of hydrogen-bond donors (Lipinski definition) is 0. The van der Waals surface area contributed by atoms with Gasteiger partial charge in [-0.15, -0.1) is 11.3 Å². The number of thiophene rings is 1. The molecule has 0 spiro atoms. The molecule has 0 radical (unpaired) electrons. The van der Waals surface area contributed by atoms with Gasteiger partial charge in [0.05, 0.1) is 11.0 Å². The van der Waals surface area contributed by atoms with Crippen molar-refractivity contribution in [1.82, 2.24) is 4.57 Å². The number of allylic oxidation sites excluding steroid dienone is 1. The first-order valence-electron chi connectivity index (χ1n) is 15.6. The lowest BCUT2D eigenvalue weighted by molar-refractivity contribution is 1.18. The number of hydrogen-bond acceptors (Lipinski definition) is 1. The molecule has 0 N–H and O–H groups in total. The second-order valence-electron chi connectivity index (χ2n) is 12.1. The summed E-state index contributed by atoms with van der Waals surface area (Å²) in [6.45, 7) is 0. The van der Waals surface area contributed by atoms with E-state index in [1.165, 1.54) is 91.8 Å². The van der Waals surface area contributed by atoms with Gasteiger partial charge in [0.2, 0.25) is 0 Å². The highest BCUT2D eigenvalue weighted by Crippen LogP contribution is 2.49. The van der Waals surface area contributed by atoms with Gasteiger partial charge in [0.15, 0.2) is 0 Å². The number of aromatic nitrogens is 1. The second kappa shape index (κ2) is 9.53. The summed E-state index contributed by atoms with van der Waals surface area (Å²) in [6.07, 6.45) is 3.36. The molecule has 0 saturated carbocycles. The molecule has 1 nitrogen and oxygen atoms in total. The molecule has 0 amide bonds. The fraction of sp³-hybridized carbons (Fsp3) is 0.0233. The fourth-order valence-corrected chi connectivity index (χ4v) is 8.87. The maximum absolute atomic E-state index is 2.49. The van der Waals surface area contributed by atoms with Crippen LogP contribution in [-0.2, 0) is 6.42 Å². The van der Waals surface area contributed by atoms with Crippen LogP contribution >= 0.6 is 11.3 Å². The van der Waals surface area contributed by atoms with E-state index < -0.39 is 0 Å². The predicted octanol–water partition coefficient (Wildman–Crippen LogP) is 12.1. The van der Waals surface area contributed by atoms with Crippen molar-refractivity contribution in [3.63, 3.8) is 0 Å². The van der Waals surface area contributed by atoms with Crippen molar-refractivity contribution in [3.8, 4) is 16.8 Å². The molecule has 0 unspecified atom stereocenters. The van der Waals surface area contributed by atoms with Crippen molar-refractivity contribution in [2.45, 2.75) is 6.42 Å². The van der Waals surface area contributed by atoms with E-state index in [4.69, 9.17) is 0 Å². The topological polar surface area (TPSA) is 4.93 Å². The van der Waals surface area contributed by atoms with Crippen molar-refractivity contribution < 1.29 is 0 Å². The molecule has 0 aliphatic heterocycles. The summed E-state index contributed by atoms with van der Waals surface area (Å²) in [4.78, 5) is 0. The summed E-state index contributed by atoms with van der Waals surface area (Å²) in [6, 6.07) is 53.6. The van der Waals surface area contributed by atoms with Crippen molar-refractivity contribution in [1.29, 1.82) is 0 Å². The maximum Gasteiger partial charge on any atom is 0.0619 e. The third-order valence-corrected chi connectivity index (χ3v) is 10.8. The van der Waals surface area contributed by atoms with Crippen molar-refractivity contribution in [2.24, 2.45) is 0 Å². The van der Waals surface area contributed by atoms with Crippen LogP contribution in [0.25, 0.3) is 81.2 Å². The third-order valence-electron chi connectivity index (χ3n) is 9.62. The molecule has 45 heavy (non-hydrogen) atoms. The Labute approximate surface area is 264 Å². The smallest absolute Gasteiger partial charge is 0.0619 e. The van der Waals surface area contributed by atoms with Gasteiger partial charge < -0.3 is 4.57 Å². The van der Waals surface area contributed by atoms with Crippen LogP contribution in [-0.4, -0.2) is 4.57 Å². The van der Waals surface area contributed by atoms with E-state index in [1.807, 2.05) is 11.3 Å². The normalized spacial score (nSPS) is 12.9. The number of para-hydroxylation sites is 1. The zero-order valence-corrected chi connectivity index (χ0v) is 25.3. The van der Waals surface area contributed by atoms with Gasteiger partial charge in [-0.2, -0.15) is 0 Å². The summed E-state index contributed by atoms with van der Waals surface area (Å²) >= 11 is 1.92. The quantitative estimate of drug-likeness (QED) is 0.189. The van der Waals surface area contributed by atoms with E-state index in [0.717, 1.165) is 6.42 Å². The number of nitrogens with zero attached hydrogens (tertiary/aromatic N) is 1. The lowest BCUT2D eigenvalue weighted by Gasteiger charge is -2.14. The third kappa shape index (κ3) is 3.61. The van der Waals surface area contributed by atoms with E-state index in [1.54, 1.807) is 0 Å². The maximum atomic E-state index is 2.49. The zero-order valence-electron chi connectivity index (χ0n) is 24.5. The Kier molecular flexibility index (Phi) is 5.28. The molecular formula is C43H27NS. The Bertz CT molecular complexity index is 2650. The van der Waals surface area contributed by atoms with Crippen LogP contribution < -0.4 is 0 Å². The predicted molar refractivity (Wildman–Crippen MR) is 195 cm³/mol. The highest BCUT2D eigenvalue weighted by molar-refractivity contribution is 7.26. The number of rotatable bonds is 2. The molecule has 10 rings (SSSR count). The highest BCUT2D eigenvalue weighted by atomic mass is 32.1. The lowest BCUT2D eigenvalue weighted by atomic mass is 9.90. The highest BCUT2D eigenvalue weighted by Gasteiger charge is 2.25. The first-order valence-corrected chi connectivity index (χ1v) is 16.4. The molecule has 9 aromatic rings. The largest absolute Gasteiger partial charge is 0.309 e. The average molecular weight is 590 g/mol. The van der Waals surface area contributed by atoms with Gasteiger partial charge in [0.25, 0.3) is 0 Å². The summed E-state index contributed by atoms with van der Waals surface area (Å²) in [5, 5.41) is 7.85. The molecule has 1 aliphatic carbocycles. The van der Waals surface area contributed by atoms with Gasteiger partial charge in [-0.25, -0.2) is 0 Å². The monoisotopic (exact) mass is 589 g/mol. The summed E-state index contributed by atoms with van der Waals surface area (Å²) in [7, 11) is 0. The molecule has 0 bridgehead atoms. The molecule has 2 heteroatoms. The standard InChI is InChI=1S/C43H27NS/c1-3-11-27(12-4-1)30-25-29-20-24-38-41(40(29)34-22-23-35-33-17-9-10-18-39(33)45-43(35)37(34)26-30)36-21-19-28-13-7-8-16-32(28)42(36)44(38)31-14-5-2-6-15-31/h1-24,26H,25H2. The van der Waals surface area contributed by atoms with E-state index >= 15 is 0 Å². The van der Waals surface area contributed by atoms with Gasteiger partial charge in [0.1, 0.15) is 0 Å². The Balaban J connectivity index is 1.40. The van der Waals surface area contributed by atoms with Gasteiger partial charge in [0, 0.05) is 47.6 Å².